The SMILES string of the molecule is Cc1ccc(COc2ccc3ccccc3c2CNc2cc(C(=O)O)ccc2C)cc1. The van der Waals surface area contributed by atoms with Crippen LogP contribution in [-0.4, -0.2) is 11.1 Å². The quantitative estimate of drug-likeness (QED) is 0.372. The molecule has 2 N–H and O–H groups in total. The first-order chi connectivity index (χ1) is 15.0. The van der Waals surface area contributed by atoms with E-state index < -0.39 is 5.97 Å². The van der Waals surface area contributed by atoms with Crippen LogP contribution in [0, 0.1) is 13.8 Å². The van der Waals surface area contributed by atoms with E-state index in [1.807, 2.05) is 31.2 Å². The zero-order valence-electron chi connectivity index (χ0n) is 17.7. The van der Waals surface area contributed by atoms with E-state index in [2.05, 4.69) is 54.7 Å². The summed E-state index contributed by atoms with van der Waals surface area (Å²) in [6.45, 7) is 5.04. The van der Waals surface area contributed by atoms with Crippen LogP contribution >= 0.6 is 0 Å². The molecule has 0 amide bonds. The number of hydrogen-bond donors (Lipinski definition) is 2. The van der Waals surface area contributed by atoms with Crippen molar-refractivity contribution in [2.75, 3.05) is 5.32 Å². The Kier molecular flexibility index (Phi) is 5.89. The molecule has 0 aliphatic carbocycles. The molecule has 0 aromatic heterocycles. The molecule has 0 fully saturated rings. The maximum absolute atomic E-state index is 11.4. The number of carboxylic acid groups (broad SMARTS) is 1. The molecule has 0 atom stereocenters. The Morgan fingerprint density at radius 3 is 2.48 bits per heavy atom. The number of anilines is 1. The molecular formula is C27H25NO3. The summed E-state index contributed by atoms with van der Waals surface area (Å²) in [5, 5.41) is 15.0. The smallest absolute Gasteiger partial charge is 0.335 e. The Morgan fingerprint density at radius 2 is 1.71 bits per heavy atom. The van der Waals surface area contributed by atoms with Crippen LogP contribution in [0.3, 0.4) is 0 Å². The van der Waals surface area contributed by atoms with Crippen LogP contribution in [0.5, 0.6) is 5.75 Å². The van der Waals surface area contributed by atoms with Crippen molar-refractivity contribution in [2.45, 2.75) is 27.0 Å². The predicted molar refractivity (Wildman–Crippen MR) is 125 cm³/mol. The van der Waals surface area contributed by atoms with E-state index in [0.29, 0.717) is 13.2 Å². The van der Waals surface area contributed by atoms with Crippen molar-refractivity contribution in [3.63, 3.8) is 0 Å². The number of carboxylic acids is 1. The molecule has 0 aliphatic rings. The van der Waals surface area contributed by atoms with E-state index >= 15 is 0 Å². The molecule has 0 spiro atoms. The van der Waals surface area contributed by atoms with E-state index in [4.69, 9.17) is 4.74 Å². The minimum absolute atomic E-state index is 0.266. The largest absolute Gasteiger partial charge is 0.489 e. The minimum Gasteiger partial charge on any atom is -0.489 e. The van der Waals surface area contributed by atoms with Gasteiger partial charge in [0, 0.05) is 17.8 Å². The van der Waals surface area contributed by atoms with E-state index in [9.17, 15) is 9.90 Å². The Hall–Kier alpha value is -3.79. The zero-order chi connectivity index (χ0) is 21.8. The van der Waals surface area contributed by atoms with Gasteiger partial charge in [0.05, 0.1) is 5.56 Å². The summed E-state index contributed by atoms with van der Waals surface area (Å²) in [7, 11) is 0. The van der Waals surface area contributed by atoms with Gasteiger partial charge in [0.25, 0.3) is 0 Å². The molecule has 0 radical (unpaired) electrons. The highest BCUT2D eigenvalue weighted by Gasteiger charge is 2.11. The van der Waals surface area contributed by atoms with Crippen LogP contribution in [0.2, 0.25) is 0 Å². The first-order valence-corrected chi connectivity index (χ1v) is 10.3. The maximum Gasteiger partial charge on any atom is 0.335 e. The monoisotopic (exact) mass is 411 g/mol. The summed E-state index contributed by atoms with van der Waals surface area (Å²) < 4.78 is 6.22. The third-order valence-corrected chi connectivity index (χ3v) is 5.45. The second-order valence-electron chi connectivity index (χ2n) is 7.73. The van der Waals surface area contributed by atoms with Gasteiger partial charge in [-0.3, -0.25) is 0 Å². The Bertz CT molecular complexity index is 1230. The van der Waals surface area contributed by atoms with Crippen molar-refractivity contribution in [1.82, 2.24) is 0 Å². The molecule has 4 heteroatoms. The van der Waals surface area contributed by atoms with Gasteiger partial charge in [-0.15, -0.1) is 0 Å². The second-order valence-corrected chi connectivity index (χ2v) is 7.73. The molecule has 0 bridgehead atoms. The van der Waals surface area contributed by atoms with Gasteiger partial charge in [0.1, 0.15) is 12.4 Å². The van der Waals surface area contributed by atoms with E-state index in [0.717, 1.165) is 38.9 Å². The summed E-state index contributed by atoms with van der Waals surface area (Å²) in [6.07, 6.45) is 0. The zero-order valence-corrected chi connectivity index (χ0v) is 17.7. The van der Waals surface area contributed by atoms with Crippen molar-refractivity contribution in [2.24, 2.45) is 0 Å². The van der Waals surface area contributed by atoms with Gasteiger partial charge >= 0.3 is 5.97 Å². The van der Waals surface area contributed by atoms with Crippen molar-refractivity contribution >= 4 is 22.4 Å². The second kappa shape index (κ2) is 8.92. The number of aromatic carboxylic acids is 1. The summed E-state index contributed by atoms with van der Waals surface area (Å²) in [5.74, 6) is -0.117. The number of hydrogen-bond acceptors (Lipinski definition) is 3. The molecule has 0 saturated carbocycles. The van der Waals surface area contributed by atoms with Gasteiger partial charge in [0.15, 0.2) is 0 Å². The lowest BCUT2D eigenvalue weighted by Crippen LogP contribution is -2.07. The van der Waals surface area contributed by atoms with Crippen LogP contribution in [0.4, 0.5) is 5.69 Å². The summed E-state index contributed by atoms with van der Waals surface area (Å²) >= 11 is 0. The predicted octanol–water partition coefficient (Wildman–Crippen LogP) is 6.35. The molecule has 156 valence electrons. The Balaban J connectivity index is 1.63. The Morgan fingerprint density at radius 1 is 0.935 bits per heavy atom. The first kappa shape index (κ1) is 20.5. The average molecular weight is 412 g/mol. The molecule has 4 aromatic rings. The third-order valence-electron chi connectivity index (χ3n) is 5.45. The lowest BCUT2D eigenvalue weighted by Gasteiger charge is -2.17. The van der Waals surface area contributed by atoms with E-state index in [1.165, 1.54) is 5.56 Å². The summed E-state index contributed by atoms with van der Waals surface area (Å²) in [5.41, 5.74) is 5.44. The highest BCUT2D eigenvalue weighted by Crippen LogP contribution is 2.30. The minimum atomic E-state index is -0.935. The number of fused-ring (bicyclic) bond motifs is 1. The number of ether oxygens (including phenoxy) is 1. The van der Waals surface area contributed by atoms with E-state index in [-0.39, 0.29) is 5.56 Å². The Labute approximate surface area is 182 Å². The van der Waals surface area contributed by atoms with Gasteiger partial charge in [0.2, 0.25) is 0 Å². The van der Waals surface area contributed by atoms with Gasteiger partial charge in [-0.05, 0) is 53.9 Å². The normalized spacial score (nSPS) is 10.8. The summed E-state index contributed by atoms with van der Waals surface area (Å²) in [4.78, 5) is 11.4. The lowest BCUT2D eigenvalue weighted by molar-refractivity contribution is 0.0697. The molecule has 0 heterocycles. The van der Waals surface area contributed by atoms with E-state index in [1.54, 1.807) is 12.1 Å². The fourth-order valence-corrected chi connectivity index (χ4v) is 3.61. The molecule has 4 aromatic carbocycles. The maximum atomic E-state index is 11.4. The number of carbonyl (C=O) groups is 1. The molecule has 0 saturated heterocycles. The van der Waals surface area contributed by atoms with Crippen molar-refractivity contribution in [3.05, 3.63) is 107 Å². The topological polar surface area (TPSA) is 58.6 Å². The first-order valence-electron chi connectivity index (χ1n) is 10.3. The van der Waals surface area contributed by atoms with Crippen molar-refractivity contribution in [3.8, 4) is 5.75 Å². The standard InChI is InChI=1S/C27H25NO3/c1-18-7-10-20(11-8-18)17-31-26-14-13-21-5-3-4-6-23(21)24(26)16-28-25-15-22(27(29)30)12-9-19(25)2/h3-15,28H,16-17H2,1-2H3,(H,29,30). The third kappa shape index (κ3) is 4.69. The van der Waals surface area contributed by atoms with Gasteiger partial charge < -0.3 is 15.2 Å². The molecule has 4 rings (SSSR count). The molecule has 0 aliphatic heterocycles. The van der Waals surface area contributed by atoms with Crippen molar-refractivity contribution < 1.29 is 14.6 Å². The van der Waals surface area contributed by atoms with Crippen LogP contribution < -0.4 is 10.1 Å². The van der Waals surface area contributed by atoms with Crippen LogP contribution in [0.15, 0.2) is 78.9 Å². The lowest BCUT2D eigenvalue weighted by atomic mass is 10.0. The molecule has 31 heavy (non-hydrogen) atoms. The highest BCUT2D eigenvalue weighted by molar-refractivity contribution is 5.90. The number of benzene rings is 4. The summed E-state index contributed by atoms with van der Waals surface area (Å²) in [6, 6.07) is 25.7. The molecule has 0 unspecified atom stereocenters. The fourth-order valence-electron chi connectivity index (χ4n) is 3.61. The van der Waals surface area contributed by atoms with Crippen molar-refractivity contribution in [1.29, 1.82) is 0 Å². The van der Waals surface area contributed by atoms with Gasteiger partial charge in [-0.1, -0.05) is 66.2 Å². The highest BCUT2D eigenvalue weighted by atomic mass is 16.5. The van der Waals surface area contributed by atoms with Crippen LogP contribution in [0.25, 0.3) is 10.8 Å². The number of aryl methyl sites for hydroxylation is 2. The number of rotatable bonds is 7. The van der Waals surface area contributed by atoms with Gasteiger partial charge in [-0.2, -0.15) is 0 Å². The average Bonchev–Trinajstić information content (AvgIpc) is 2.78. The fraction of sp³-hybridized carbons (Fsp3) is 0.148. The van der Waals surface area contributed by atoms with Gasteiger partial charge in [-0.25, -0.2) is 4.79 Å². The number of nitrogens with one attached hydrogen (secondary N) is 1. The molecular weight excluding hydrogens is 386 g/mol. The molecule has 4 nitrogen and oxygen atoms in total. The van der Waals surface area contributed by atoms with Crippen LogP contribution in [-0.2, 0) is 13.2 Å². The van der Waals surface area contributed by atoms with Crippen LogP contribution in [0.1, 0.15) is 32.6 Å².